The molecular weight excluding hydrogens is 322 g/mol. The number of rotatable bonds is 3. The van der Waals surface area contributed by atoms with Crippen LogP contribution in [0.25, 0.3) is 0 Å². The van der Waals surface area contributed by atoms with Gasteiger partial charge in [-0.25, -0.2) is 9.59 Å². The summed E-state index contributed by atoms with van der Waals surface area (Å²) in [6.07, 6.45) is -0.964. The smallest absolute Gasteiger partial charge is 0.414 e. The van der Waals surface area contributed by atoms with Gasteiger partial charge in [0.15, 0.2) is 0 Å². The minimum absolute atomic E-state index is 0.163. The highest BCUT2D eigenvalue weighted by Gasteiger charge is 2.37. The van der Waals surface area contributed by atoms with E-state index in [0.29, 0.717) is 6.54 Å². The molecule has 0 spiro atoms. The van der Waals surface area contributed by atoms with Crippen LogP contribution in [-0.2, 0) is 17.7 Å². The number of hydrogen-bond donors (Lipinski definition) is 2. The van der Waals surface area contributed by atoms with Gasteiger partial charge in [0.25, 0.3) is 0 Å². The first-order chi connectivity index (χ1) is 11.8. The monoisotopic (exact) mass is 347 g/mol. The summed E-state index contributed by atoms with van der Waals surface area (Å²) in [6, 6.07) is 6.00. The van der Waals surface area contributed by atoms with E-state index in [9.17, 15) is 14.7 Å². The number of amides is 2. The number of hydrogen-bond acceptors (Lipinski definition) is 4. The molecule has 2 aliphatic heterocycles. The van der Waals surface area contributed by atoms with E-state index in [0.717, 1.165) is 25.2 Å². The van der Waals surface area contributed by atoms with E-state index < -0.39 is 23.8 Å². The van der Waals surface area contributed by atoms with Gasteiger partial charge in [-0.2, -0.15) is 0 Å². The lowest BCUT2D eigenvalue weighted by Gasteiger charge is -2.34. The van der Waals surface area contributed by atoms with Crippen molar-refractivity contribution in [2.45, 2.75) is 45.4 Å². The van der Waals surface area contributed by atoms with Crippen molar-refractivity contribution in [2.75, 3.05) is 24.5 Å². The van der Waals surface area contributed by atoms with Crippen molar-refractivity contribution in [3.05, 3.63) is 29.3 Å². The molecule has 7 nitrogen and oxygen atoms in total. The molecule has 1 atom stereocenters. The van der Waals surface area contributed by atoms with Gasteiger partial charge in [0.2, 0.25) is 0 Å². The summed E-state index contributed by atoms with van der Waals surface area (Å²) in [5.74, 6) is 0. The number of ether oxygens (including phenoxy) is 1. The molecule has 1 fully saturated rings. The van der Waals surface area contributed by atoms with Crippen LogP contribution in [-0.4, -0.2) is 53.5 Å². The second kappa shape index (κ2) is 6.55. The van der Waals surface area contributed by atoms with Gasteiger partial charge in [-0.15, -0.1) is 0 Å². The van der Waals surface area contributed by atoms with Crippen LogP contribution in [0.4, 0.5) is 15.3 Å². The van der Waals surface area contributed by atoms with Gasteiger partial charge in [0.05, 0.1) is 13.1 Å². The zero-order valence-corrected chi connectivity index (χ0v) is 14.9. The molecule has 0 bridgehead atoms. The maximum absolute atomic E-state index is 12.3. The van der Waals surface area contributed by atoms with E-state index in [1.807, 2.05) is 39.0 Å². The quantitative estimate of drug-likeness (QED) is 0.878. The lowest BCUT2D eigenvalue weighted by atomic mass is 10.00. The van der Waals surface area contributed by atoms with E-state index in [1.165, 1.54) is 16.0 Å². The maximum atomic E-state index is 12.3. The zero-order valence-electron chi connectivity index (χ0n) is 14.9. The van der Waals surface area contributed by atoms with Gasteiger partial charge in [0, 0.05) is 17.8 Å². The highest BCUT2D eigenvalue weighted by molar-refractivity contribution is 5.90. The fraction of sp³-hybridized carbons (Fsp3) is 0.556. The average molecular weight is 347 g/mol. The van der Waals surface area contributed by atoms with Crippen molar-refractivity contribution in [2.24, 2.45) is 0 Å². The molecular formula is C18H25N3O4. The number of nitrogens with zero attached hydrogens (tertiary/aromatic N) is 2. The summed E-state index contributed by atoms with van der Waals surface area (Å²) in [5.41, 5.74) is 2.76. The molecule has 1 aromatic carbocycles. The summed E-state index contributed by atoms with van der Waals surface area (Å²) in [4.78, 5) is 26.7. The van der Waals surface area contributed by atoms with Crippen molar-refractivity contribution in [1.29, 1.82) is 0 Å². The molecule has 1 saturated heterocycles. The van der Waals surface area contributed by atoms with Crippen molar-refractivity contribution < 1.29 is 19.4 Å². The lowest BCUT2D eigenvalue weighted by Crippen LogP contribution is -2.49. The molecule has 2 heterocycles. The summed E-state index contributed by atoms with van der Waals surface area (Å²) in [7, 11) is 0. The van der Waals surface area contributed by atoms with Crippen LogP contribution < -0.4 is 10.2 Å². The second-order valence-corrected chi connectivity index (χ2v) is 7.56. The van der Waals surface area contributed by atoms with E-state index >= 15 is 0 Å². The van der Waals surface area contributed by atoms with Crippen molar-refractivity contribution in [3.8, 4) is 0 Å². The third kappa shape index (κ3) is 3.71. The predicted octanol–water partition coefficient (Wildman–Crippen LogP) is 2.44. The molecule has 0 aliphatic carbocycles. The summed E-state index contributed by atoms with van der Waals surface area (Å²) in [6.45, 7) is 7.78. The fourth-order valence-electron chi connectivity index (χ4n) is 3.30. The minimum atomic E-state index is -1.01. The molecule has 2 N–H and O–H groups in total. The Kier molecular flexibility index (Phi) is 4.60. The Morgan fingerprint density at radius 3 is 2.84 bits per heavy atom. The first-order valence-corrected chi connectivity index (χ1v) is 8.57. The Morgan fingerprint density at radius 2 is 2.16 bits per heavy atom. The first kappa shape index (κ1) is 17.5. The van der Waals surface area contributed by atoms with Crippen molar-refractivity contribution >= 4 is 17.9 Å². The summed E-state index contributed by atoms with van der Waals surface area (Å²) < 4.78 is 5.42. The Hall–Kier alpha value is -2.28. The van der Waals surface area contributed by atoms with Crippen LogP contribution in [0.1, 0.15) is 31.9 Å². The third-order valence-electron chi connectivity index (χ3n) is 4.69. The Bertz CT molecular complexity index is 683. The SMILES string of the molecule is CC(C)(C)N(C[C@@H]1CN(c2ccc3c(c2)CCNC3)C(=O)O1)C(=O)O. The normalized spacial score (nSPS) is 20.2. The second-order valence-electron chi connectivity index (χ2n) is 7.56. The minimum Gasteiger partial charge on any atom is -0.465 e. The molecule has 1 aromatic rings. The molecule has 0 unspecified atom stereocenters. The number of carbonyl (C=O) groups excluding carboxylic acids is 1. The number of fused-ring (bicyclic) bond motifs is 1. The van der Waals surface area contributed by atoms with Gasteiger partial charge < -0.3 is 15.2 Å². The average Bonchev–Trinajstić information content (AvgIpc) is 2.91. The van der Waals surface area contributed by atoms with Crippen LogP contribution >= 0.6 is 0 Å². The zero-order chi connectivity index (χ0) is 18.2. The fourth-order valence-corrected chi connectivity index (χ4v) is 3.30. The van der Waals surface area contributed by atoms with Crippen LogP contribution in [0.15, 0.2) is 18.2 Å². The number of anilines is 1. The van der Waals surface area contributed by atoms with Crippen LogP contribution in [0.2, 0.25) is 0 Å². The Morgan fingerprint density at radius 1 is 1.40 bits per heavy atom. The molecule has 2 aliphatic rings. The molecule has 136 valence electrons. The maximum Gasteiger partial charge on any atom is 0.414 e. The van der Waals surface area contributed by atoms with E-state index in [2.05, 4.69) is 5.32 Å². The first-order valence-electron chi connectivity index (χ1n) is 8.57. The molecule has 0 radical (unpaired) electrons. The number of cyclic esters (lactones) is 1. The largest absolute Gasteiger partial charge is 0.465 e. The number of carbonyl (C=O) groups is 2. The Labute approximate surface area is 147 Å². The van der Waals surface area contributed by atoms with Gasteiger partial charge in [0.1, 0.15) is 6.10 Å². The van der Waals surface area contributed by atoms with Gasteiger partial charge in [-0.1, -0.05) is 6.07 Å². The van der Waals surface area contributed by atoms with E-state index in [4.69, 9.17) is 4.74 Å². The molecule has 3 rings (SSSR count). The molecule has 25 heavy (non-hydrogen) atoms. The lowest BCUT2D eigenvalue weighted by molar-refractivity contribution is 0.0605. The van der Waals surface area contributed by atoms with Crippen molar-refractivity contribution in [3.63, 3.8) is 0 Å². The number of benzene rings is 1. The summed E-state index contributed by atoms with van der Waals surface area (Å²) >= 11 is 0. The molecule has 7 heteroatoms. The summed E-state index contributed by atoms with van der Waals surface area (Å²) in [5, 5.41) is 12.7. The van der Waals surface area contributed by atoms with E-state index in [1.54, 1.807) is 4.90 Å². The highest BCUT2D eigenvalue weighted by atomic mass is 16.6. The van der Waals surface area contributed by atoms with Gasteiger partial charge in [-0.05, 0) is 57.0 Å². The van der Waals surface area contributed by atoms with E-state index in [-0.39, 0.29) is 6.54 Å². The van der Waals surface area contributed by atoms with Gasteiger partial charge >= 0.3 is 12.2 Å². The highest BCUT2D eigenvalue weighted by Crippen LogP contribution is 2.27. The van der Waals surface area contributed by atoms with Gasteiger partial charge in [-0.3, -0.25) is 9.80 Å². The van der Waals surface area contributed by atoms with Crippen molar-refractivity contribution in [1.82, 2.24) is 10.2 Å². The molecule has 0 saturated carbocycles. The molecule has 0 aromatic heterocycles. The number of carboxylic acid groups (broad SMARTS) is 1. The standard InChI is InChI=1S/C18H25N3O4/c1-18(2,3)21(16(22)23)11-15-10-20(17(24)25-15)14-5-4-13-9-19-7-6-12(13)8-14/h4-5,8,15,19H,6-7,9-11H2,1-3H3,(H,22,23)/t15-/m0/s1. The molecule has 2 amide bonds. The van der Waals surface area contributed by atoms with Crippen LogP contribution in [0, 0.1) is 0 Å². The van der Waals surface area contributed by atoms with Crippen LogP contribution in [0.5, 0.6) is 0 Å². The number of nitrogens with one attached hydrogen (secondary N) is 1. The van der Waals surface area contributed by atoms with Crippen LogP contribution in [0.3, 0.4) is 0 Å². The topological polar surface area (TPSA) is 82.1 Å². The third-order valence-corrected chi connectivity index (χ3v) is 4.69. The Balaban J connectivity index is 1.73. The predicted molar refractivity (Wildman–Crippen MR) is 94.0 cm³/mol.